The molecule has 0 aromatic carbocycles. The molecule has 0 aliphatic rings. The van der Waals surface area contributed by atoms with Crippen molar-refractivity contribution in [1.82, 2.24) is 15.2 Å². The minimum Gasteiger partial charge on any atom is -0.300 e. The van der Waals surface area contributed by atoms with Gasteiger partial charge in [0.1, 0.15) is 10.0 Å². The van der Waals surface area contributed by atoms with Gasteiger partial charge < -0.3 is 5.32 Å². The van der Waals surface area contributed by atoms with Gasteiger partial charge in [0, 0.05) is 11.1 Å². The van der Waals surface area contributed by atoms with Crippen molar-refractivity contribution >= 4 is 33.7 Å². The molecule has 0 unspecified atom stereocenters. The van der Waals surface area contributed by atoms with Gasteiger partial charge in [0.2, 0.25) is 11.0 Å². The second kappa shape index (κ2) is 4.67. The summed E-state index contributed by atoms with van der Waals surface area (Å²) in [5, 5.41) is 14.5. The fourth-order valence-corrected chi connectivity index (χ4v) is 2.51. The van der Waals surface area contributed by atoms with Crippen LogP contribution in [0.5, 0.6) is 0 Å². The number of carbonyl (C=O) groups is 1. The third-order valence-corrected chi connectivity index (χ3v) is 3.47. The van der Waals surface area contributed by atoms with Crippen LogP contribution >= 0.6 is 22.7 Å². The molecule has 0 aliphatic heterocycles. The molecular weight excluding hydrogens is 244 g/mol. The molecule has 0 aliphatic carbocycles. The molecule has 84 valence electrons. The van der Waals surface area contributed by atoms with Crippen LogP contribution in [-0.2, 0) is 11.2 Å². The van der Waals surface area contributed by atoms with Crippen LogP contribution in [0.2, 0.25) is 0 Å². The molecule has 2 aromatic heterocycles. The largest absolute Gasteiger partial charge is 0.300 e. The summed E-state index contributed by atoms with van der Waals surface area (Å²) in [6.45, 7) is 3.75. The number of nitrogens with one attached hydrogen (secondary N) is 1. The molecule has 0 saturated heterocycles. The van der Waals surface area contributed by atoms with Crippen LogP contribution in [-0.4, -0.2) is 21.1 Å². The van der Waals surface area contributed by atoms with Crippen molar-refractivity contribution in [1.29, 1.82) is 0 Å². The van der Waals surface area contributed by atoms with Gasteiger partial charge in [-0.1, -0.05) is 11.3 Å². The number of amides is 1. The Morgan fingerprint density at radius 3 is 2.81 bits per heavy atom. The summed E-state index contributed by atoms with van der Waals surface area (Å²) in [5.41, 5.74) is 0.944. The van der Waals surface area contributed by atoms with E-state index in [0.29, 0.717) is 5.13 Å². The van der Waals surface area contributed by atoms with E-state index in [-0.39, 0.29) is 12.3 Å². The first-order valence-corrected chi connectivity index (χ1v) is 6.34. The van der Waals surface area contributed by atoms with Crippen molar-refractivity contribution in [2.45, 2.75) is 20.3 Å². The Morgan fingerprint density at radius 1 is 1.44 bits per heavy atom. The van der Waals surface area contributed by atoms with Crippen LogP contribution in [0.4, 0.5) is 5.13 Å². The number of thiazole rings is 1. The predicted molar refractivity (Wildman–Crippen MR) is 63.8 cm³/mol. The fraction of sp³-hybridized carbons (Fsp3) is 0.333. The molecular formula is C9H10N4OS2. The number of aromatic nitrogens is 3. The van der Waals surface area contributed by atoms with E-state index in [1.54, 1.807) is 0 Å². The number of aryl methyl sites for hydroxylation is 2. The van der Waals surface area contributed by atoms with Crippen molar-refractivity contribution < 1.29 is 4.79 Å². The summed E-state index contributed by atoms with van der Waals surface area (Å²) < 4.78 is 0. The highest BCUT2D eigenvalue weighted by Gasteiger charge is 2.09. The summed E-state index contributed by atoms with van der Waals surface area (Å²) in [4.78, 5) is 15.8. The molecule has 5 nitrogen and oxygen atoms in total. The van der Waals surface area contributed by atoms with Crippen molar-refractivity contribution in [3.05, 3.63) is 21.1 Å². The lowest BCUT2D eigenvalue weighted by atomic mass is 10.4. The number of rotatable bonds is 3. The molecule has 0 bridgehead atoms. The molecule has 0 fully saturated rings. The number of hydrogen-bond acceptors (Lipinski definition) is 6. The lowest BCUT2D eigenvalue weighted by Crippen LogP contribution is -2.14. The van der Waals surface area contributed by atoms with Gasteiger partial charge in [-0.25, -0.2) is 4.98 Å². The smallest absolute Gasteiger partial charge is 0.233 e. The Kier molecular flexibility index (Phi) is 3.25. The van der Waals surface area contributed by atoms with Crippen molar-refractivity contribution in [2.75, 3.05) is 5.32 Å². The Hall–Kier alpha value is -1.34. The molecule has 2 rings (SSSR count). The first kappa shape index (κ1) is 11.2. The third-order valence-electron chi connectivity index (χ3n) is 1.75. The van der Waals surface area contributed by atoms with Gasteiger partial charge in [-0.3, -0.25) is 4.79 Å². The van der Waals surface area contributed by atoms with E-state index in [4.69, 9.17) is 0 Å². The van der Waals surface area contributed by atoms with Crippen LogP contribution in [0, 0.1) is 13.8 Å². The lowest BCUT2D eigenvalue weighted by Gasteiger charge is -1.97. The highest BCUT2D eigenvalue weighted by atomic mass is 32.1. The molecule has 16 heavy (non-hydrogen) atoms. The lowest BCUT2D eigenvalue weighted by molar-refractivity contribution is -0.115. The maximum Gasteiger partial charge on any atom is 0.233 e. The summed E-state index contributed by atoms with van der Waals surface area (Å²) in [7, 11) is 0. The maximum absolute atomic E-state index is 11.6. The molecule has 0 atom stereocenters. The second-order valence-electron chi connectivity index (χ2n) is 3.23. The van der Waals surface area contributed by atoms with Gasteiger partial charge in [0.25, 0.3) is 0 Å². The van der Waals surface area contributed by atoms with Gasteiger partial charge in [0.15, 0.2) is 0 Å². The van der Waals surface area contributed by atoms with Gasteiger partial charge >= 0.3 is 0 Å². The minimum absolute atomic E-state index is 0.106. The number of hydrogen-bond donors (Lipinski definition) is 1. The van der Waals surface area contributed by atoms with Crippen molar-refractivity contribution in [2.24, 2.45) is 0 Å². The summed E-state index contributed by atoms with van der Waals surface area (Å²) >= 11 is 2.85. The summed E-state index contributed by atoms with van der Waals surface area (Å²) in [5.74, 6) is -0.106. The molecule has 0 spiro atoms. The third kappa shape index (κ3) is 2.83. The van der Waals surface area contributed by atoms with Gasteiger partial charge in [0.05, 0.1) is 6.42 Å². The molecule has 0 saturated carbocycles. The topological polar surface area (TPSA) is 67.8 Å². The van der Waals surface area contributed by atoms with E-state index >= 15 is 0 Å². The van der Waals surface area contributed by atoms with Crippen LogP contribution < -0.4 is 5.32 Å². The predicted octanol–water partition coefficient (Wildman–Crippen LogP) is 1.79. The Morgan fingerprint density at radius 2 is 2.25 bits per heavy atom. The number of anilines is 1. The summed E-state index contributed by atoms with van der Waals surface area (Å²) in [6, 6.07) is 0. The monoisotopic (exact) mass is 254 g/mol. The standard InChI is InChI=1S/C9H10N4OS2/c1-5-4-15-8(10-5)3-7(14)11-9-13-12-6(2)16-9/h4H,3H2,1-2H3,(H,11,13,14). The van der Waals surface area contributed by atoms with Crippen molar-refractivity contribution in [3.63, 3.8) is 0 Å². The first-order chi connectivity index (χ1) is 7.63. The molecule has 7 heteroatoms. The molecule has 2 aromatic rings. The van der Waals surface area contributed by atoms with Crippen LogP contribution in [0.25, 0.3) is 0 Å². The number of nitrogens with zero attached hydrogens (tertiary/aromatic N) is 3. The van der Waals surface area contributed by atoms with Gasteiger partial charge in [-0.15, -0.1) is 21.5 Å². The van der Waals surface area contributed by atoms with Gasteiger partial charge in [-0.05, 0) is 13.8 Å². The SMILES string of the molecule is Cc1csc(CC(=O)Nc2nnc(C)s2)n1. The average Bonchev–Trinajstić information content (AvgIpc) is 2.76. The van der Waals surface area contributed by atoms with E-state index in [1.165, 1.54) is 22.7 Å². The Balaban J connectivity index is 1.94. The molecule has 2 heterocycles. The van der Waals surface area contributed by atoms with E-state index < -0.39 is 0 Å². The number of carbonyl (C=O) groups excluding carboxylic acids is 1. The average molecular weight is 254 g/mol. The van der Waals surface area contributed by atoms with Crippen LogP contribution in [0.3, 0.4) is 0 Å². The van der Waals surface area contributed by atoms with Crippen molar-refractivity contribution in [3.8, 4) is 0 Å². The minimum atomic E-state index is -0.106. The van der Waals surface area contributed by atoms with E-state index in [0.717, 1.165) is 15.7 Å². The zero-order chi connectivity index (χ0) is 11.5. The molecule has 1 N–H and O–H groups in total. The van der Waals surface area contributed by atoms with Gasteiger partial charge in [-0.2, -0.15) is 0 Å². The van der Waals surface area contributed by atoms with E-state index in [2.05, 4.69) is 20.5 Å². The first-order valence-electron chi connectivity index (χ1n) is 4.64. The zero-order valence-electron chi connectivity index (χ0n) is 8.85. The summed E-state index contributed by atoms with van der Waals surface area (Å²) in [6.07, 6.45) is 0.289. The maximum atomic E-state index is 11.6. The quantitative estimate of drug-likeness (QED) is 0.906. The Bertz CT molecular complexity index is 461. The highest BCUT2D eigenvalue weighted by Crippen LogP contribution is 2.15. The molecule has 1 amide bonds. The van der Waals surface area contributed by atoms with E-state index in [9.17, 15) is 4.79 Å². The Labute approximate surface area is 101 Å². The van der Waals surface area contributed by atoms with Crippen LogP contribution in [0.1, 0.15) is 15.7 Å². The van der Waals surface area contributed by atoms with Crippen LogP contribution in [0.15, 0.2) is 5.38 Å². The molecule has 0 radical (unpaired) electrons. The highest BCUT2D eigenvalue weighted by molar-refractivity contribution is 7.15. The normalized spacial score (nSPS) is 10.4. The fourth-order valence-electron chi connectivity index (χ4n) is 1.13. The zero-order valence-corrected chi connectivity index (χ0v) is 10.5. The second-order valence-corrected chi connectivity index (χ2v) is 5.36. The van der Waals surface area contributed by atoms with E-state index in [1.807, 2.05) is 19.2 Å².